The first kappa shape index (κ1) is 19.3. The first-order chi connectivity index (χ1) is 15.3. The number of amides is 1. The zero-order chi connectivity index (χ0) is 21.0. The van der Waals surface area contributed by atoms with Gasteiger partial charge in [0.15, 0.2) is 11.3 Å². The third-order valence-corrected chi connectivity index (χ3v) is 5.41. The maximum atomic E-state index is 12.6. The van der Waals surface area contributed by atoms with E-state index in [1.807, 2.05) is 36.4 Å². The number of nitrogens with zero attached hydrogens (tertiary/aromatic N) is 4. The van der Waals surface area contributed by atoms with Crippen LogP contribution in [-0.2, 0) is 6.54 Å². The number of fused-ring (bicyclic) bond motifs is 2. The van der Waals surface area contributed by atoms with Crippen LogP contribution in [0, 0.1) is 0 Å². The van der Waals surface area contributed by atoms with Gasteiger partial charge in [0.25, 0.3) is 5.91 Å². The van der Waals surface area contributed by atoms with Crippen LogP contribution in [0.3, 0.4) is 0 Å². The molecule has 0 spiro atoms. The fourth-order valence-electron chi connectivity index (χ4n) is 3.85. The van der Waals surface area contributed by atoms with Gasteiger partial charge in [0.2, 0.25) is 0 Å². The van der Waals surface area contributed by atoms with Crippen LogP contribution in [0.2, 0.25) is 0 Å². The summed E-state index contributed by atoms with van der Waals surface area (Å²) >= 11 is 0. The van der Waals surface area contributed by atoms with Gasteiger partial charge in [-0.05, 0) is 17.7 Å². The molecule has 0 radical (unpaired) electrons. The first-order valence-electron chi connectivity index (χ1n) is 10.4. The van der Waals surface area contributed by atoms with E-state index >= 15 is 0 Å². The minimum Gasteiger partial charge on any atom is -0.484 e. The molecule has 7 heteroatoms. The van der Waals surface area contributed by atoms with Crippen molar-refractivity contribution in [1.82, 2.24) is 24.8 Å². The lowest BCUT2D eigenvalue weighted by Gasteiger charge is -2.24. The van der Waals surface area contributed by atoms with Gasteiger partial charge in [-0.2, -0.15) is 5.10 Å². The summed E-state index contributed by atoms with van der Waals surface area (Å²) in [6.07, 6.45) is 3.39. The van der Waals surface area contributed by atoms with Crippen molar-refractivity contribution in [3.8, 4) is 5.75 Å². The average Bonchev–Trinajstić information content (AvgIpc) is 3.15. The fraction of sp³-hybridized carbons (Fsp3) is 0.208. The lowest BCUT2D eigenvalue weighted by atomic mass is 10.1. The SMILES string of the molecule is O=C(NCCN1Cc2ccccc2OC(c2ccccc2)C1)c1cc2ncccn2n1. The summed E-state index contributed by atoms with van der Waals surface area (Å²) in [6.45, 7) is 2.74. The van der Waals surface area contributed by atoms with Crippen LogP contribution in [0.4, 0.5) is 0 Å². The normalized spacial score (nSPS) is 16.3. The summed E-state index contributed by atoms with van der Waals surface area (Å²) in [4.78, 5) is 19.1. The molecule has 0 aliphatic carbocycles. The topological polar surface area (TPSA) is 71.8 Å². The van der Waals surface area contributed by atoms with E-state index in [1.54, 1.807) is 29.0 Å². The molecule has 0 saturated carbocycles. The minimum atomic E-state index is -0.198. The first-order valence-corrected chi connectivity index (χ1v) is 10.4. The number of aromatic nitrogens is 3. The second kappa shape index (κ2) is 8.57. The van der Waals surface area contributed by atoms with Gasteiger partial charge < -0.3 is 10.1 Å². The Morgan fingerprint density at radius 3 is 2.81 bits per heavy atom. The molecule has 2 aromatic heterocycles. The number of rotatable bonds is 5. The van der Waals surface area contributed by atoms with Crippen molar-refractivity contribution >= 4 is 11.6 Å². The Morgan fingerprint density at radius 2 is 1.94 bits per heavy atom. The highest BCUT2D eigenvalue weighted by atomic mass is 16.5. The molecular formula is C24H23N5O2. The van der Waals surface area contributed by atoms with Gasteiger partial charge in [-0.1, -0.05) is 48.5 Å². The monoisotopic (exact) mass is 413 g/mol. The van der Waals surface area contributed by atoms with E-state index in [1.165, 1.54) is 0 Å². The second-order valence-corrected chi connectivity index (χ2v) is 7.57. The zero-order valence-electron chi connectivity index (χ0n) is 17.0. The molecule has 31 heavy (non-hydrogen) atoms. The predicted molar refractivity (Wildman–Crippen MR) is 117 cm³/mol. The van der Waals surface area contributed by atoms with Crippen molar-refractivity contribution in [1.29, 1.82) is 0 Å². The van der Waals surface area contributed by atoms with Gasteiger partial charge in [0.1, 0.15) is 11.9 Å². The van der Waals surface area contributed by atoms with Crippen molar-refractivity contribution < 1.29 is 9.53 Å². The van der Waals surface area contributed by atoms with Crippen LogP contribution in [0.1, 0.15) is 27.7 Å². The van der Waals surface area contributed by atoms with E-state index in [-0.39, 0.29) is 12.0 Å². The van der Waals surface area contributed by atoms with Crippen molar-refractivity contribution in [3.63, 3.8) is 0 Å². The molecular weight excluding hydrogens is 390 g/mol. The molecule has 3 heterocycles. The van der Waals surface area contributed by atoms with Gasteiger partial charge in [-0.15, -0.1) is 0 Å². The Bertz CT molecular complexity index is 1160. The standard InChI is InChI=1S/C24H23N5O2/c30-24(20-15-23-25-11-6-13-29(23)27-20)26-12-14-28-16-19-9-4-5-10-21(19)31-22(17-28)18-7-2-1-3-8-18/h1-11,13,15,22H,12,14,16-17H2,(H,26,30). The highest BCUT2D eigenvalue weighted by Gasteiger charge is 2.24. The highest BCUT2D eigenvalue weighted by Crippen LogP contribution is 2.30. The zero-order valence-corrected chi connectivity index (χ0v) is 17.0. The maximum Gasteiger partial charge on any atom is 0.271 e. The van der Waals surface area contributed by atoms with Crippen molar-refractivity contribution in [2.45, 2.75) is 12.6 Å². The molecule has 156 valence electrons. The summed E-state index contributed by atoms with van der Waals surface area (Å²) in [6, 6.07) is 21.9. The molecule has 0 saturated heterocycles. The average molecular weight is 413 g/mol. The summed E-state index contributed by atoms with van der Waals surface area (Å²) in [7, 11) is 0. The van der Waals surface area contributed by atoms with Gasteiger partial charge in [-0.25, -0.2) is 9.50 Å². The summed E-state index contributed by atoms with van der Waals surface area (Å²) in [5, 5.41) is 7.26. The van der Waals surface area contributed by atoms with E-state index in [4.69, 9.17) is 4.74 Å². The number of para-hydroxylation sites is 1. The smallest absolute Gasteiger partial charge is 0.271 e. The highest BCUT2D eigenvalue weighted by molar-refractivity contribution is 5.93. The van der Waals surface area contributed by atoms with E-state index in [2.05, 4.69) is 38.5 Å². The molecule has 1 atom stereocenters. The molecule has 7 nitrogen and oxygen atoms in total. The molecule has 5 rings (SSSR count). The molecule has 2 aromatic carbocycles. The Kier molecular flexibility index (Phi) is 5.33. The van der Waals surface area contributed by atoms with Crippen molar-refractivity contribution in [2.75, 3.05) is 19.6 Å². The van der Waals surface area contributed by atoms with Gasteiger partial charge in [-0.3, -0.25) is 9.69 Å². The molecule has 4 aromatic rings. The quantitative estimate of drug-likeness (QED) is 0.544. The Morgan fingerprint density at radius 1 is 1.10 bits per heavy atom. The van der Waals surface area contributed by atoms with Crippen LogP contribution in [0.15, 0.2) is 79.1 Å². The molecule has 1 aliphatic heterocycles. The Hall–Kier alpha value is -3.71. The number of carbonyl (C=O) groups is 1. The molecule has 1 amide bonds. The van der Waals surface area contributed by atoms with Crippen LogP contribution in [-0.4, -0.2) is 45.0 Å². The molecule has 0 fully saturated rings. The van der Waals surface area contributed by atoms with E-state index in [9.17, 15) is 4.79 Å². The Labute approximate surface area is 180 Å². The van der Waals surface area contributed by atoms with Crippen LogP contribution in [0.25, 0.3) is 5.65 Å². The van der Waals surface area contributed by atoms with Crippen LogP contribution >= 0.6 is 0 Å². The number of nitrogens with one attached hydrogen (secondary N) is 1. The number of benzene rings is 2. The van der Waals surface area contributed by atoms with Crippen LogP contribution < -0.4 is 10.1 Å². The summed E-state index contributed by atoms with van der Waals surface area (Å²) < 4.78 is 7.95. The Balaban J connectivity index is 1.27. The molecule has 1 aliphatic rings. The second-order valence-electron chi connectivity index (χ2n) is 7.57. The van der Waals surface area contributed by atoms with Gasteiger partial charge >= 0.3 is 0 Å². The van der Waals surface area contributed by atoms with Gasteiger partial charge in [0, 0.05) is 50.2 Å². The minimum absolute atomic E-state index is 0.0648. The predicted octanol–water partition coefficient (Wildman–Crippen LogP) is 3.10. The van der Waals surface area contributed by atoms with Crippen molar-refractivity contribution in [3.05, 3.63) is 95.9 Å². The number of hydrogen-bond acceptors (Lipinski definition) is 5. The molecule has 1 unspecified atom stereocenters. The number of ether oxygens (including phenoxy) is 1. The van der Waals surface area contributed by atoms with E-state index in [0.717, 1.165) is 30.0 Å². The third-order valence-electron chi connectivity index (χ3n) is 5.41. The third kappa shape index (κ3) is 4.27. The number of hydrogen-bond donors (Lipinski definition) is 1. The summed E-state index contributed by atoms with van der Waals surface area (Å²) in [5.41, 5.74) is 3.31. The lowest BCUT2D eigenvalue weighted by Crippen LogP contribution is -2.36. The lowest BCUT2D eigenvalue weighted by molar-refractivity contribution is 0.0938. The van der Waals surface area contributed by atoms with Gasteiger partial charge in [0.05, 0.1) is 0 Å². The van der Waals surface area contributed by atoms with E-state index < -0.39 is 0 Å². The largest absolute Gasteiger partial charge is 0.484 e. The molecule has 1 N–H and O–H groups in total. The maximum absolute atomic E-state index is 12.6. The fourth-order valence-corrected chi connectivity index (χ4v) is 3.85. The molecule has 0 bridgehead atoms. The van der Waals surface area contributed by atoms with Crippen molar-refractivity contribution in [2.24, 2.45) is 0 Å². The van der Waals surface area contributed by atoms with E-state index in [0.29, 0.717) is 24.4 Å². The summed E-state index contributed by atoms with van der Waals surface area (Å²) in [5.74, 6) is 0.719. The van der Waals surface area contributed by atoms with Crippen LogP contribution in [0.5, 0.6) is 5.75 Å². The number of carbonyl (C=O) groups excluding carboxylic acids is 1.